The summed E-state index contributed by atoms with van der Waals surface area (Å²) in [7, 11) is 0. The third-order valence-electron chi connectivity index (χ3n) is 4.09. The Kier molecular flexibility index (Phi) is 2.52. The van der Waals surface area contributed by atoms with Crippen molar-refractivity contribution in [1.29, 1.82) is 5.26 Å². The molecule has 3 rings (SSSR count). The molecule has 0 unspecified atom stereocenters. The molecule has 0 radical (unpaired) electrons. The van der Waals surface area contributed by atoms with Crippen LogP contribution in [0.1, 0.15) is 31.2 Å². The van der Waals surface area contributed by atoms with E-state index in [1.165, 1.54) is 25.7 Å². The molecule has 0 bridgehead atoms. The summed E-state index contributed by atoms with van der Waals surface area (Å²) in [6.07, 6.45) is 5.46. The Bertz CT molecular complexity index is 481. The van der Waals surface area contributed by atoms with E-state index in [0.29, 0.717) is 16.0 Å². The molecule has 17 heavy (non-hydrogen) atoms. The summed E-state index contributed by atoms with van der Waals surface area (Å²) in [5.41, 5.74) is 1.99. The second-order valence-corrected chi connectivity index (χ2v) is 5.67. The zero-order valence-electron chi connectivity index (χ0n) is 9.67. The van der Waals surface area contributed by atoms with Crippen LogP contribution in [0.15, 0.2) is 18.2 Å². The molecule has 3 heteroatoms. The Hall–Kier alpha value is -1.20. The highest BCUT2D eigenvalue weighted by atomic mass is 35.5. The predicted octanol–water partition coefficient (Wildman–Crippen LogP) is 3.81. The summed E-state index contributed by atoms with van der Waals surface area (Å²) < 4.78 is 0. The number of hydrogen-bond acceptors (Lipinski definition) is 2. The molecule has 0 amide bonds. The van der Waals surface area contributed by atoms with Crippen molar-refractivity contribution in [2.45, 2.75) is 25.7 Å². The number of nitriles is 1. The molecule has 0 aliphatic heterocycles. The van der Waals surface area contributed by atoms with Crippen molar-refractivity contribution >= 4 is 17.3 Å². The zero-order chi connectivity index (χ0) is 11.9. The number of halogens is 1. The summed E-state index contributed by atoms with van der Waals surface area (Å²) in [4.78, 5) is 0. The smallest absolute Gasteiger partial charge is 0.103 e. The molecular weight excluding hydrogens is 232 g/mol. The Morgan fingerprint density at radius 2 is 2.18 bits per heavy atom. The van der Waals surface area contributed by atoms with Gasteiger partial charge in [-0.25, -0.2) is 0 Å². The molecule has 0 heterocycles. The third-order valence-corrected chi connectivity index (χ3v) is 4.41. The van der Waals surface area contributed by atoms with E-state index in [2.05, 4.69) is 11.4 Å². The molecule has 2 aliphatic rings. The fourth-order valence-electron chi connectivity index (χ4n) is 2.64. The highest BCUT2D eigenvalue weighted by molar-refractivity contribution is 6.32. The van der Waals surface area contributed by atoms with Gasteiger partial charge in [0.05, 0.1) is 16.3 Å². The number of benzene rings is 1. The molecule has 2 nitrogen and oxygen atoms in total. The minimum atomic E-state index is 0.536. The van der Waals surface area contributed by atoms with Gasteiger partial charge in [-0.2, -0.15) is 5.26 Å². The minimum absolute atomic E-state index is 0.536. The van der Waals surface area contributed by atoms with Crippen molar-refractivity contribution in [3.63, 3.8) is 0 Å². The van der Waals surface area contributed by atoms with Crippen LogP contribution in [0.25, 0.3) is 0 Å². The molecular formula is C14H15ClN2. The Balaban J connectivity index is 1.73. The van der Waals surface area contributed by atoms with Crippen LogP contribution in [-0.4, -0.2) is 6.54 Å². The summed E-state index contributed by atoms with van der Waals surface area (Å²) >= 11 is 6.01. The molecule has 2 saturated carbocycles. The predicted molar refractivity (Wildman–Crippen MR) is 69.0 cm³/mol. The van der Waals surface area contributed by atoms with Gasteiger partial charge in [0.1, 0.15) is 6.07 Å². The van der Waals surface area contributed by atoms with Gasteiger partial charge in [0, 0.05) is 6.54 Å². The minimum Gasteiger partial charge on any atom is -0.383 e. The molecule has 1 aromatic rings. The Labute approximate surface area is 107 Å². The van der Waals surface area contributed by atoms with Crippen LogP contribution < -0.4 is 5.32 Å². The van der Waals surface area contributed by atoms with Crippen LogP contribution in [-0.2, 0) is 0 Å². The maximum absolute atomic E-state index is 9.09. The molecule has 1 aromatic carbocycles. The highest BCUT2D eigenvalue weighted by Gasteiger charge is 2.53. The van der Waals surface area contributed by atoms with E-state index in [4.69, 9.17) is 16.9 Å². The van der Waals surface area contributed by atoms with Crippen molar-refractivity contribution in [3.8, 4) is 6.07 Å². The van der Waals surface area contributed by atoms with E-state index in [1.807, 2.05) is 12.1 Å². The van der Waals surface area contributed by atoms with E-state index in [1.54, 1.807) is 6.07 Å². The van der Waals surface area contributed by atoms with Gasteiger partial charge in [-0.15, -0.1) is 0 Å². The van der Waals surface area contributed by atoms with Gasteiger partial charge in [-0.3, -0.25) is 0 Å². The van der Waals surface area contributed by atoms with Crippen LogP contribution in [0.5, 0.6) is 0 Å². The molecule has 2 aliphatic carbocycles. The van der Waals surface area contributed by atoms with Crippen molar-refractivity contribution in [2.24, 2.45) is 11.3 Å². The first-order chi connectivity index (χ1) is 8.25. The number of hydrogen-bond donors (Lipinski definition) is 1. The first-order valence-corrected chi connectivity index (χ1v) is 6.55. The maximum atomic E-state index is 9.09. The van der Waals surface area contributed by atoms with E-state index in [0.717, 1.165) is 18.2 Å². The van der Waals surface area contributed by atoms with E-state index >= 15 is 0 Å². The van der Waals surface area contributed by atoms with Gasteiger partial charge in [0.25, 0.3) is 0 Å². The van der Waals surface area contributed by atoms with E-state index < -0.39 is 0 Å². The summed E-state index contributed by atoms with van der Waals surface area (Å²) in [6.45, 7) is 0.993. The second-order valence-electron chi connectivity index (χ2n) is 5.26. The maximum Gasteiger partial charge on any atom is 0.103 e. The fraction of sp³-hybridized carbons (Fsp3) is 0.500. The van der Waals surface area contributed by atoms with Crippen LogP contribution in [0, 0.1) is 22.7 Å². The average molecular weight is 247 g/mol. The number of nitrogens with one attached hydrogen (secondary N) is 1. The van der Waals surface area contributed by atoms with Gasteiger partial charge in [0.15, 0.2) is 0 Å². The van der Waals surface area contributed by atoms with Crippen LogP contribution in [0.4, 0.5) is 5.69 Å². The summed E-state index contributed by atoms with van der Waals surface area (Å²) in [6, 6.07) is 7.76. The van der Waals surface area contributed by atoms with Crippen molar-refractivity contribution in [1.82, 2.24) is 0 Å². The molecule has 0 saturated heterocycles. The third kappa shape index (κ3) is 2.00. The van der Waals surface area contributed by atoms with Gasteiger partial charge in [-0.05, 0) is 49.1 Å². The van der Waals surface area contributed by atoms with Crippen LogP contribution in [0.2, 0.25) is 5.02 Å². The van der Waals surface area contributed by atoms with Crippen LogP contribution in [0.3, 0.4) is 0 Å². The topological polar surface area (TPSA) is 35.8 Å². The standard InChI is InChI=1S/C14H15ClN2/c15-12-2-1-3-13(11(12)8-16)17-9-14(6-7-14)10-4-5-10/h1-3,10,17H,4-7,9H2. The second kappa shape index (κ2) is 3.92. The largest absolute Gasteiger partial charge is 0.383 e. The monoisotopic (exact) mass is 246 g/mol. The van der Waals surface area contributed by atoms with Gasteiger partial charge >= 0.3 is 0 Å². The molecule has 0 spiro atoms. The fourth-order valence-corrected chi connectivity index (χ4v) is 2.86. The normalized spacial score (nSPS) is 20.7. The lowest BCUT2D eigenvalue weighted by atomic mass is 10.0. The molecule has 0 atom stereocenters. The van der Waals surface area contributed by atoms with E-state index in [9.17, 15) is 0 Å². The lowest BCUT2D eigenvalue weighted by Gasteiger charge is -2.17. The average Bonchev–Trinajstić information content (AvgIpc) is 3.17. The lowest BCUT2D eigenvalue weighted by Crippen LogP contribution is -2.17. The first kappa shape index (κ1) is 10.9. The molecule has 2 fully saturated rings. The Morgan fingerprint density at radius 1 is 1.41 bits per heavy atom. The highest BCUT2D eigenvalue weighted by Crippen LogP contribution is 2.61. The number of rotatable bonds is 4. The summed E-state index contributed by atoms with van der Waals surface area (Å²) in [5.74, 6) is 0.930. The number of nitrogens with zero attached hydrogens (tertiary/aromatic N) is 1. The van der Waals surface area contributed by atoms with E-state index in [-0.39, 0.29) is 0 Å². The van der Waals surface area contributed by atoms with Gasteiger partial charge in [0.2, 0.25) is 0 Å². The lowest BCUT2D eigenvalue weighted by molar-refractivity contribution is 0.467. The zero-order valence-corrected chi connectivity index (χ0v) is 10.4. The quantitative estimate of drug-likeness (QED) is 0.877. The van der Waals surface area contributed by atoms with Crippen molar-refractivity contribution in [3.05, 3.63) is 28.8 Å². The molecule has 1 N–H and O–H groups in total. The van der Waals surface area contributed by atoms with Crippen molar-refractivity contribution in [2.75, 3.05) is 11.9 Å². The molecule has 88 valence electrons. The number of anilines is 1. The first-order valence-electron chi connectivity index (χ1n) is 6.18. The van der Waals surface area contributed by atoms with Gasteiger partial charge < -0.3 is 5.32 Å². The molecule has 0 aromatic heterocycles. The summed E-state index contributed by atoms with van der Waals surface area (Å²) in [5, 5.41) is 13.0. The van der Waals surface area contributed by atoms with Crippen LogP contribution >= 0.6 is 11.6 Å². The SMILES string of the molecule is N#Cc1c(Cl)cccc1NCC1(C2CC2)CC1. The van der Waals surface area contributed by atoms with Gasteiger partial charge in [-0.1, -0.05) is 17.7 Å². The van der Waals surface area contributed by atoms with Crippen molar-refractivity contribution < 1.29 is 0 Å². The Morgan fingerprint density at radius 3 is 2.76 bits per heavy atom.